The molecule has 0 aromatic rings. The average molecular weight is 198 g/mol. The monoisotopic (exact) mass is 198 g/mol. The highest BCUT2D eigenvalue weighted by atomic mass is 16.5. The van der Waals surface area contributed by atoms with Gasteiger partial charge in [-0.05, 0) is 6.08 Å². The van der Waals surface area contributed by atoms with Crippen LogP contribution in [0.3, 0.4) is 0 Å². The van der Waals surface area contributed by atoms with Gasteiger partial charge < -0.3 is 9.47 Å². The molecule has 0 spiro atoms. The lowest BCUT2D eigenvalue weighted by molar-refractivity contribution is -0.147. The normalized spacial score (nSPS) is 20.3. The number of carbonyl (C=O) groups excluding carboxylic acids is 3. The summed E-state index contributed by atoms with van der Waals surface area (Å²) in [5.41, 5.74) is 0.0735. The van der Waals surface area contributed by atoms with Crippen LogP contribution in [0.2, 0.25) is 0 Å². The number of ether oxygens (including phenoxy) is 2. The van der Waals surface area contributed by atoms with Crippen molar-refractivity contribution in [1.82, 2.24) is 0 Å². The van der Waals surface area contributed by atoms with Gasteiger partial charge in [0, 0.05) is 6.42 Å². The third kappa shape index (κ3) is 1.81. The Morgan fingerprint density at radius 3 is 2.50 bits per heavy atom. The van der Waals surface area contributed by atoms with E-state index in [0.717, 1.165) is 6.08 Å². The molecule has 1 atom stereocenters. The molecule has 5 nitrogen and oxygen atoms in total. The highest BCUT2D eigenvalue weighted by Crippen LogP contribution is 2.25. The summed E-state index contributed by atoms with van der Waals surface area (Å²) in [5, 5.41) is 0. The first-order valence-electron chi connectivity index (χ1n) is 4.00. The SMILES string of the molecule is COC(=O)C1=CC(=O)C[C@H]1C(=O)OC. The first-order chi connectivity index (χ1) is 6.60. The van der Waals surface area contributed by atoms with E-state index in [1.165, 1.54) is 14.2 Å². The van der Waals surface area contributed by atoms with Crippen LogP contribution in [0.5, 0.6) is 0 Å². The van der Waals surface area contributed by atoms with Crippen LogP contribution in [0.1, 0.15) is 6.42 Å². The molecule has 0 N–H and O–H groups in total. The van der Waals surface area contributed by atoms with Crippen LogP contribution < -0.4 is 0 Å². The summed E-state index contributed by atoms with van der Waals surface area (Å²) in [5.74, 6) is -2.32. The third-order valence-electron chi connectivity index (χ3n) is 2.00. The van der Waals surface area contributed by atoms with E-state index in [4.69, 9.17) is 0 Å². The number of rotatable bonds is 2. The van der Waals surface area contributed by atoms with E-state index in [2.05, 4.69) is 9.47 Å². The van der Waals surface area contributed by atoms with Crippen molar-refractivity contribution in [2.24, 2.45) is 5.92 Å². The summed E-state index contributed by atoms with van der Waals surface area (Å²) in [6.45, 7) is 0. The summed E-state index contributed by atoms with van der Waals surface area (Å²) >= 11 is 0. The van der Waals surface area contributed by atoms with E-state index >= 15 is 0 Å². The minimum Gasteiger partial charge on any atom is -0.469 e. The molecule has 0 fully saturated rings. The molecule has 0 aromatic carbocycles. The Balaban J connectivity index is 2.89. The molecule has 0 radical (unpaired) electrons. The number of carbonyl (C=O) groups is 3. The van der Waals surface area contributed by atoms with Gasteiger partial charge in [0.25, 0.3) is 0 Å². The fourth-order valence-corrected chi connectivity index (χ4v) is 1.32. The van der Waals surface area contributed by atoms with Crippen LogP contribution in [0, 0.1) is 5.92 Å². The number of ketones is 1. The molecule has 0 saturated carbocycles. The topological polar surface area (TPSA) is 69.7 Å². The summed E-state index contributed by atoms with van der Waals surface area (Å²) in [6.07, 6.45) is 1.12. The molecule has 0 heterocycles. The molecule has 1 rings (SSSR count). The van der Waals surface area contributed by atoms with Crippen molar-refractivity contribution in [2.45, 2.75) is 6.42 Å². The molecule has 76 valence electrons. The van der Waals surface area contributed by atoms with Crippen molar-refractivity contribution >= 4 is 17.7 Å². The minimum absolute atomic E-state index is 0.0168. The van der Waals surface area contributed by atoms with Crippen molar-refractivity contribution in [3.8, 4) is 0 Å². The smallest absolute Gasteiger partial charge is 0.334 e. The lowest BCUT2D eigenvalue weighted by Crippen LogP contribution is -2.21. The molecule has 0 unspecified atom stereocenters. The molecule has 1 aliphatic carbocycles. The maximum Gasteiger partial charge on any atom is 0.334 e. The number of allylic oxidation sites excluding steroid dienone is 1. The van der Waals surface area contributed by atoms with Crippen LogP contribution in [-0.2, 0) is 23.9 Å². The fourth-order valence-electron chi connectivity index (χ4n) is 1.32. The average Bonchev–Trinajstić information content (AvgIpc) is 2.58. The molecule has 0 aromatic heterocycles. The van der Waals surface area contributed by atoms with E-state index in [9.17, 15) is 14.4 Å². The molecule has 0 saturated heterocycles. The molecule has 0 bridgehead atoms. The summed E-state index contributed by atoms with van der Waals surface area (Å²) in [4.78, 5) is 33.3. The van der Waals surface area contributed by atoms with Crippen molar-refractivity contribution in [3.63, 3.8) is 0 Å². The van der Waals surface area contributed by atoms with E-state index in [1.54, 1.807) is 0 Å². The number of methoxy groups -OCH3 is 2. The molecule has 14 heavy (non-hydrogen) atoms. The standard InChI is InChI=1S/C9H10O5/c1-13-8(11)6-3-5(10)4-7(6)9(12)14-2/h3,7H,4H2,1-2H3/t7-/m1/s1. The Morgan fingerprint density at radius 1 is 1.36 bits per heavy atom. The van der Waals surface area contributed by atoms with Crippen LogP contribution in [-0.4, -0.2) is 31.9 Å². The second-order valence-corrected chi connectivity index (χ2v) is 2.84. The second kappa shape index (κ2) is 4.04. The molecule has 5 heteroatoms. The Bertz CT molecular complexity index is 315. The predicted molar refractivity (Wildman–Crippen MR) is 45.2 cm³/mol. The molecule has 1 aliphatic rings. The maximum absolute atomic E-state index is 11.2. The van der Waals surface area contributed by atoms with Gasteiger partial charge in [-0.15, -0.1) is 0 Å². The third-order valence-corrected chi connectivity index (χ3v) is 2.00. The molecular weight excluding hydrogens is 188 g/mol. The fraction of sp³-hybridized carbons (Fsp3) is 0.444. The predicted octanol–water partition coefficient (Wildman–Crippen LogP) is -0.152. The zero-order valence-corrected chi connectivity index (χ0v) is 7.90. The highest BCUT2D eigenvalue weighted by molar-refractivity contribution is 6.08. The van der Waals surface area contributed by atoms with Crippen LogP contribution in [0.15, 0.2) is 11.6 Å². The summed E-state index contributed by atoms with van der Waals surface area (Å²) in [7, 11) is 2.40. The van der Waals surface area contributed by atoms with Crippen LogP contribution in [0.4, 0.5) is 0 Å². The van der Waals surface area contributed by atoms with Crippen molar-refractivity contribution < 1.29 is 23.9 Å². The summed E-state index contributed by atoms with van der Waals surface area (Å²) in [6, 6.07) is 0. The van der Waals surface area contributed by atoms with E-state index in [0.29, 0.717) is 0 Å². The van der Waals surface area contributed by atoms with Gasteiger partial charge in [-0.25, -0.2) is 4.79 Å². The molecule has 0 amide bonds. The van der Waals surface area contributed by atoms with Gasteiger partial charge in [0.15, 0.2) is 5.78 Å². The van der Waals surface area contributed by atoms with Crippen LogP contribution >= 0.6 is 0 Å². The van der Waals surface area contributed by atoms with Gasteiger partial charge in [0.05, 0.1) is 25.7 Å². The Labute approximate surface area is 80.7 Å². The highest BCUT2D eigenvalue weighted by Gasteiger charge is 2.36. The largest absolute Gasteiger partial charge is 0.469 e. The molecule has 0 aliphatic heterocycles. The summed E-state index contributed by atoms with van der Waals surface area (Å²) < 4.78 is 8.91. The lowest BCUT2D eigenvalue weighted by atomic mass is 10.0. The second-order valence-electron chi connectivity index (χ2n) is 2.84. The number of esters is 2. The minimum atomic E-state index is -0.806. The van der Waals surface area contributed by atoms with Crippen molar-refractivity contribution in [2.75, 3.05) is 14.2 Å². The lowest BCUT2D eigenvalue weighted by Gasteiger charge is -2.09. The molecular formula is C9H10O5. The zero-order valence-electron chi connectivity index (χ0n) is 7.90. The Kier molecular flexibility index (Phi) is 3.01. The van der Waals surface area contributed by atoms with Gasteiger partial charge in [0.2, 0.25) is 0 Å². The Hall–Kier alpha value is -1.65. The van der Waals surface area contributed by atoms with Gasteiger partial charge in [-0.2, -0.15) is 0 Å². The maximum atomic E-state index is 11.2. The number of hydrogen-bond acceptors (Lipinski definition) is 5. The van der Waals surface area contributed by atoms with Gasteiger partial charge >= 0.3 is 11.9 Å². The number of hydrogen-bond donors (Lipinski definition) is 0. The quantitative estimate of drug-likeness (QED) is 0.577. The van der Waals surface area contributed by atoms with Crippen molar-refractivity contribution in [1.29, 1.82) is 0 Å². The van der Waals surface area contributed by atoms with E-state index in [-0.39, 0.29) is 17.8 Å². The zero-order chi connectivity index (χ0) is 10.7. The Morgan fingerprint density at radius 2 is 2.00 bits per heavy atom. The van der Waals surface area contributed by atoms with E-state index in [1.807, 2.05) is 0 Å². The van der Waals surface area contributed by atoms with E-state index < -0.39 is 17.9 Å². The van der Waals surface area contributed by atoms with Gasteiger partial charge in [-0.3, -0.25) is 9.59 Å². The van der Waals surface area contributed by atoms with Gasteiger partial charge in [-0.1, -0.05) is 0 Å². The van der Waals surface area contributed by atoms with Crippen molar-refractivity contribution in [3.05, 3.63) is 11.6 Å². The van der Waals surface area contributed by atoms with Crippen LogP contribution in [0.25, 0.3) is 0 Å². The van der Waals surface area contributed by atoms with Gasteiger partial charge in [0.1, 0.15) is 0 Å². The first-order valence-corrected chi connectivity index (χ1v) is 4.00. The first kappa shape index (κ1) is 10.4.